The molecule has 0 heterocycles. The van der Waals surface area contributed by atoms with E-state index in [2.05, 4.69) is 21.3 Å². The summed E-state index contributed by atoms with van der Waals surface area (Å²) in [7, 11) is 2.99. The molecule has 4 aromatic rings. The van der Waals surface area contributed by atoms with E-state index < -0.39 is 71.7 Å². The number of methoxy groups -OCH3 is 2. The van der Waals surface area contributed by atoms with Gasteiger partial charge in [-0.2, -0.15) is 0 Å². The van der Waals surface area contributed by atoms with E-state index in [4.69, 9.17) is 28.4 Å². The average Bonchev–Trinajstić information content (AvgIpc) is 3.24. The van der Waals surface area contributed by atoms with Crippen LogP contribution in [0.15, 0.2) is 109 Å². The molecule has 64 heavy (non-hydrogen) atoms. The number of hydrogen-bond donors (Lipinski definition) is 6. The largest absolute Gasteiger partial charge is 0.497 e. The van der Waals surface area contributed by atoms with Crippen molar-refractivity contribution in [1.29, 1.82) is 0 Å². The number of nitrogens with one attached hydrogen (secondary N) is 4. The molecule has 4 rings (SSSR count). The van der Waals surface area contributed by atoms with Crippen molar-refractivity contribution in [2.75, 3.05) is 14.2 Å². The summed E-state index contributed by atoms with van der Waals surface area (Å²) in [4.78, 5) is 73.5. The summed E-state index contributed by atoms with van der Waals surface area (Å²) in [6.07, 6.45) is -3.54. The highest BCUT2D eigenvalue weighted by molar-refractivity contribution is 5.83. The highest BCUT2D eigenvalue weighted by atomic mass is 16.6. The molecule has 18 heteroatoms. The van der Waals surface area contributed by atoms with Gasteiger partial charge in [-0.3, -0.25) is 0 Å². The molecule has 18 nitrogen and oxygen atoms in total. The SMILES string of the molecule is COc1ccc([C@@H](NC(=O)OC(C)(C)C)[C@H](NC(=O)OCc2ccccc2)C(=O)O)cc1.COc1ccc([C@H](NC(=O)OC(C)(C)C)[C@@H](NC(=O)OCc2ccccc2)C(=O)O)cc1. The number of carboxylic acid groups (broad SMARTS) is 2. The van der Waals surface area contributed by atoms with Gasteiger partial charge in [0.15, 0.2) is 12.1 Å². The maximum Gasteiger partial charge on any atom is 0.408 e. The number of rotatable bonds is 16. The molecule has 6 N–H and O–H groups in total. The monoisotopic (exact) mass is 888 g/mol. The summed E-state index contributed by atoms with van der Waals surface area (Å²) in [5, 5.41) is 29.3. The van der Waals surface area contributed by atoms with Gasteiger partial charge in [-0.1, -0.05) is 84.9 Å². The predicted octanol–water partition coefficient (Wildman–Crippen LogP) is 7.28. The van der Waals surface area contributed by atoms with Crippen LogP contribution in [-0.2, 0) is 41.8 Å². The van der Waals surface area contributed by atoms with E-state index in [1.165, 1.54) is 14.2 Å². The number of ether oxygens (including phenoxy) is 6. The van der Waals surface area contributed by atoms with Crippen LogP contribution >= 0.6 is 0 Å². The van der Waals surface area contributed by atoms with Crippen LogP contribution in [-0.4, -0.2) is 84.0 Å². The number of hydrogen-bond acceptors (Lipinski definition) is 12. The van der Waals surface area contributed by atoms with Gasteiger partial charge in [0.2, 0.25) is 0 Å². The van der Waals surface area contributed by atoms with Gasteiger partial charge in [0.05, 0.1) is 26.3 Å². The lowest BCUT2D eigenvalue weighted by molar-refractivity contribution is -0.141. The fraction of sp³-hybridized carbons (Fsp3) is 0.348. The first-order chi connectivity index (χ1) is 30.2. The number of amides is 4. The van der Waals surface area contributed by atoms with Gasteiger partial charge in [-0.05, 0) is 88.1 Å². The summed E-state index contributed by atoms with van der Waals surface area (Å²) in [6, 6.07) is 25.4. The van der Waals surface area contributed by atoms with Crippen LogP contribution in [0, 0.1) is 0 Å². The molecule has 0 radical (unpaired) electrons. The minimum Gasteiger partial charge on any atom is -0.497 e. The third kappa shape index (κ3) is 18.2. The number of carboxylic acids is 2. The molecule has 0 fully saturated rings. The maximum atomic E-state index is 12.4. The smallest absolute Gasteiger partial charge is 0.408 e. The zero-order chi connectivity index (χ0) is 47.5. The van der Waals surface area contributed by atoms with E-state index in [0.717, 1.165) is 11.1 Å². The minimum atomic E-state index is -1.53. The van der Waals surface area contributed by atoms with Crippen molar-refractivity contribution in [2.45, 2.75) is 90.1 Å². The number of benzene rings is 4. The van der Waals surface area contributed by atoms with Crippen LogP contribution in [0.2, 0.25) is 0 Å². The summed E-state index contributed by atoms with van der Waals surface area (Å²) in [5.41, 5.74) is 0.742. The molecule has 4 aromatic carbocycles. The molecule has 344 valence electrons. The van der Waals surface area contributed by atoms with Crippen LogP contribution in [0.25, 0.3) is 0 Å². The van der Waals surface area contributed by atoms with E-state index in [1.807, 2.05) is 12.1 Å². The van der Waals surface area contributed by atoms with Gasteiger partial charge in [0.25, 0.3) is 0 Å². The van der Waals surface area contributed by atoms with Gasteiger partial charge < -0.3 is 59.9 Å². The summed E-state index contributed by atoms with van der Waals surface area (Å²) < 4.78 is 31.1. The topological polar surface area (TPSA) is 246 Å². The molecule has 0 spiro atoms. The van der Waals surface area contributed by atoms with E-state index >= 15 is 0 Å². The Bertz CT molecular complexity index is 1970. The second kappa shape index (κ2) is 24.2. The Kier molecular flexibility index (Phi) is 19.2. The number of carbonyl (C=O) groups excluding carboxylic acids is 4. The first-order valence-electron chi connectivity index (χ1n) is 19.8. The van der Waals surface area contributed by atoms with Crippen LogP contribution in [0.3, 0.4) is 0 Å². The van der Waals surface area contributed by atoms with Crippen molar-refractivity contribution < 1.29 is 67.4 Å². The minimum absolute atomic E-state index is 0.0360. The lowest BCUT2D eigenvalue weighted by Crippen LogP contribution is -2.51. The van der Waals surface area contributed by atoms with E-state index in [0.29, 0.717) is 22.6 Å². The van der Waals surface area contributed by atoms with Crippen LogP contribution in [0.5, 0.6) is 11.5 Å². The van der Waals surface area contributed by atoms with E-state index in [9.17, 15) is 39.0 Å². The quantitative estimate of drug-likeness (QED) is 0.0606. The Hall–Kier alpha value is -7.50. The van der Waals surface area contributed by atoms with Gasteiger partial charge in [-0.15, -0.1) is 0 Å². The normalized spacial score (nSPS) is 12.8. The van der Waals surface area contributed by atoms with Crippen molar-refractivity contribution in [2.24, 2.45) is 0 Å². The molecule has 0 saturated carbocycles. The van der Waals surface area contributed by atoms with Crippen LogP contribution in [0.4, 0.5) is 19.2 Å². The Balaban J connectivity index is 0.000000340. The molecule has 4 atom stereocenters. The average molecular weight is 889 g/mol. The van der Waals surface area contributed by atoms with Crippen molar-refractivity contribution in [3.8, 4) is 11.5 Å². The first-order valence-corrected chi connectivity index (χ1v) is 19.8. The van der Waals surface area contributed by atoms with Crippen molar-refractivity contribution in [3.63, 3.8) is 0 Å². The molecule has 0 aliphatic rings. The number of aliphatic carboxylic acids is 2. The Morgan fingerprint density at radius 1 is 0.469 bits per heavy atom. The maximum absolute atomic E-state index is 12.4. The molecule has 0 aliphatic carbocycles. The van der Waals surface area contributed by atoms with Gasteiger partial charge in [0, 0.05) is 0 Å². The van der Waals surface area contributed by atoms with Crippen LogP contribution < -0.4 is 30.7 Å². The van der Waals surface area contributed by atoms with E-state index in [-0.39, 0.29) is 13.2 Å². The molecule has 0 bridgehead atoms. The zero-order valence-corrected chi connectivity index (χ0v) is 36.9. The highest BCUT2D eigenvalue weighted by Crippen LogP contribution is 2.24. The molecule has 0 unspecified atom stereocenters. The van der Waals surface area contributed by atoms with Gasteiger partial charge >= 0.3 is 36.3 Å². The third-order valence-electron chi connectivity index (χ3n) is 8.47. The fourth-order valence-electron chi connectivity index (χ4n) is 5.57. The van der Waals surface area contributed by atoms with E-state index in [1.54, 1.807) is 139 Å². The number of carbonyl (C=O) groups is 6. The van der Waals surface area contributed by atoms with Crippen molar-refractivity contribution >= 4 is 36.3 Å². The van der Waals surface area contributed by atoms with Crippen molar-refractivity contribution in [1.82, 2.24) is 21.3 Å². The molecule has 0 aromatic heterocycles. The van der Waals surface area contributed by atoms with Gasteiger partial charge in [-0.25, -0.2) is 28.8 Å². The molecular formula is C46H56N4O14. The van der Waals surface area contributed by atoms with Crippen LogP contribution in [0.1, 0.15) is 75.9 Å². The molecule has 0 aliphatic heterocycles. The first kappa shape index (κ1) is 50.9. The third-order valence-corrected chi connectivity index (χ3v) is 8.47. The molecule has 0 saturated heterocycles. The fourth-order valence-corrected chi connectivity index (χ4v) is 5.57. The lowest BCUT2D eigenvalue weighted by atomic mass is 9.99. The molecule has 4 amide bonds. The summed E-state index contributed by atoms with van der Waals surface area (Å²) in [6.45, 7) is 10.0. The highest BCUT2D eigenvalue weighted by Gasteiger charge is 2.36. The second-order valence-electron chi connectivity index (χ2n) is 15.8. The standard InChI is InChI=1S/2C23H28N2O7/c2*1-23(2,3)32-22(29)24-18(16-10-12-17(30-4)13-11-16)19(20(26)27)25-21(28)31-14-15-8-6-5-7-9-15/h2*5-13,18-19H,14H2,1-4H3,(H,24,29)(H,25,28)(H,26,27)/t2*18-,19+/m10/s1. The Morgan fingerprint density at radius 3 is 1.05 bits per heavy atom. The Labute approximate surface area is 371 Å². The summed E-state index contributed by atoms with van der Waals surface area (Å²) >= 11 is 0. The summed E-state index contributed by atoms with van der Waals surface area (Å²) in [5.74, 6) is -1.63. The predicted molar refractivity (Wildman–Crippen MR) is 233 cm³/mol. The molecular weight excluding hydrogens is 833 g/mol. The van der Waals surface area contributed by atoms with Gasteiger partial charge in [0.1, 0.15) is 35.9 Å². The second-order valence-corrected chi connectivity index (χ2v) is 15.8. The number of alkyl carbamates (subject to hydrolysis) is 4. The zero-order valence-electron chi connectivity index (χ0n) is 36.9. The van der Waals surface area contributed by atoms with Crippen molar-refractivity contribution in [3.05, 3.63) is 131 Å². The lowest BCUT2D eigenvalue weighted by Gasteiger charge is -2.28. The Morgan fingerprint density at radius 2 is 0.781 bits per heavy atom.